The second kappa shape index (κ2) is 9.83. The molecule has 0 aliphatic carbocycles. The van der Waals surface area contributed by atoms with E-state index in [0.29, 0.717) is 17.3 Å². The predicted octanol–water partition coefficient (Wildman–Crippen LogP) is 3.36. The van der Waals surface area contributed by atoms with Crippen LogP contribution in [0.15, 0.2) is 58.8 Å². The number of ether oxygens (including phenoxy) is 1. The number of hydrogen-bond acceptors (Lipinski definition) is 6. The number of rotatable bonds is 8. The summed E-state index contributed by atoms with van der Waals surface area (Å²) in [5.74, 6) is 1.04. The summed E-state index contributed by atoms with van der Waals surface area (Å²) in [6.07, 6.45) is 1.46. The lowest BCUT2D eigenvalue weighted by atomic mass is 10.2. The fourth-order valence-corrected chi connectivity index (χ4v) is 3.32. The molecule has 1 N–H and O–H groups in total. The summed E-state index contributed by atoms with van der Waals surface area (Å²) in [6, 6.07) is 13.4. The van der Waals surface area contributed by atoms with Crippen LogP contribution in [0, 0.1) is 5.82 Å². The van der Waals surface area contributed by atoms with Gasteiger partial charge >= 0.3 is 0 Å². The SMILES string of the molecule is CCn1c(SCC(=O)N/N=C/c2ccc(F)cc2)nnc1-c1ccc(OC)cc1. The fraction of sp³-hybridized carbons (Fsp3) is 0.200. The summed E-state index contributed by atoms with van der Waals surface area (Å²) in [6.45, 7) is 2.66. The number of hydrogen-bond donors (Lipinski definition) is 1. The van der Waals surface area contributed by atoms with Gasteiger partial charge in [0, 0.05) is 12.1 Å². The van der Waals surface area contributed by atoms with Gasteiger partial charge in [0.25, 0.3) is 5.91 Å². The molecule has 1 amide bonds. The molecule has 0 atom stereocenters. The van der Waals surface area contributed by atoms with E-state index in [0.717, 1.165) is 17.1 Å². The number of benzene rings is 2. The minimum Gasteiger partial charge on any atom is -0.497 e. The Kier molecular flexibility index (Phi) is 6.96. The highest BCUT2D eigenvalue weighted by atomic mass is 32.2. The van der Waals surface area contributed by atoms with Gasteiger partial charge in [-0.1, -0.05) is 23.9 Å². The van der Waals surface area contributed by atoms with Crippen molar-refractivity contribution in [2.75, 3.05) is 12.9 Å². The molecule has 9 heteroatoms. The van der Waals surface area contributed by atoms with E-state index in [1.807, 2.05) is 35.8 Å². The van der Waals surface area contributed by atoms with Crippen molar-refractivity contribution in [3.8, 4) is 17.1 Å². The lowest BCUT2D eigenvalue weighted by Gasteiger charge is -2.07. The molecule has 0 bridgehead atoms. The molecule has 1 aromatic heterocycles. The topological polar surface area (TPSA) is 81.4 Å². The molecule has 150 valence electrons. The van der Waals surface area contributed by atoms with Crippen molar-refractivity contribution in [3.05, 3.63) is 59.9 Å². The van der Waals surface area contributed by atoms with E-state index < -0.39 is 0 Å². The molecule has 0 unspecified atom stereocenters. The van der Waals surface area contributed by atoms with Gasteiger partial charge in [-0.2, -0.15) is 5.10 Å². The number of carbonyl (C=O) groups excluding carboxylic acids is 1. The van der Waals surface area contributed by atoms with Crippen LogP contribution in [0.25, 0.3) is 11.4 Å². The summed E-state index contributed by atoms with van der Waals surface area (Å²) in [4.78, 5) is 12.0. The van der Waals surface area contributed by atoms with Gasteiger partial charge in [0.1, 0.15) is 11.6 Å². The van der Waals surface area contributed by atoms with E-state index in [1.54, 1.807) is 19.2 Å². The molecule has 0 saturated carbocycles. The fourth-order valence-electron chi connectivity index (χ4n) is 2.52. The number of amides is 1. The van der Waals surface area contributed by atoms with Crippen LogP contribution in [-0.2, 0) is 11.3 Å². The van der Waals surface area contributed by atoms with Crippen molar-refractivity contribution in [3.63, 3.8) is 0 Å². The Morgan fingerprint density at radius 2 is 1.93 bits per heavy atom. The first kappa shape index (κ1) is 20.5. The molecule has 1 heterocycles. The van der Waals surface area contributed by atoms with E-state index in [4.69, 9.17) is 4.74 Å². The zero-order valence-electron chi connectivity index (χ0n) is 16.0. The van der Waals surface area contributed by atoms with Gasteiger partial charge in [-0.05, 0) is 48.9 Å². The first-order valence-corrected chi connectivity index (χ1v) is 9.87. The Balaban J connectivity index is 1.59. The van der Waals surface area contributed by atoms with Gasteiger partial charge in [0.2, 0.25) is 0 Å². The quantitative estimate of drug-likeness (QED) is 0.348. The van der Waals surface area contributed by atoms with E-state index in [-0.39, 0.29) is 17.5 Å². The Morgan fingerprint density at radius 3 is 2.59 bits per heavy atom. The van der Waals surface area contributed by atoms with Gasteiger partial charge < -0.3 is 9.30 Å². The van der Waals surface area contributed by atoms with Gasteiger partial charge in [0.15, 0.2) is 11.0 Å². The highest BCUT2D eigenvalue weighted by Crippen LogP contribution is 2.25. The highest BCUT2D eigenvalue weighted by molar-refractivity contribution is 7.99. The maximum Gasteiger partial charge on any atom is 0.250 e. The van der Waals surface area contributed by atoms with Crippen LogP contribution in [0.1, 0.15) is 12.5 Å². The van der Waals surface area contributed by atoms with Crippen LogP contribution in [0.4, 0.5) is 4.39 Å². The highest BCUT2D eigenvalue weighted by Gasteiger charge is 2.14. The summed E-state index contributed by atoms with van der Waals surface area (Å²) in [5.41, 5.74) is 4.06. The third-order valence-electron chi connectivity index (χ3n) is 3.99. The average Bonchev–Trinajstić information content (AvgIpc) is 3.16. The number of thioether (sulfide) groups is 1. The van der Waals surface area contributed by atoms with E-state index in [1.165, 1.54) is 30.1 Å². The summed E-state index contributed by atoms with van der Waals surface area (Å²) >= 11 is 1.28. The molecule has 7 nitrogen and oxygen atoms in total. The van der Waals surface area contributed by atoms with E-state index >= 15 is 0 Å². The normalized spacial score (nSPS) is 11.0. The summed E-state index contributed by atoms with van der Waals surface area (Å²) < 4.78 is 20.0. The van der Waals surface area contributed by atoms with Gasteiger partial charge in [0.05, 0.1) is 19.1 Å². The number of nitrogens with zero attached hydrogens (tertiary/aromatic N) is 4. The van der Waals surface area contributed by atoms with Crippen LogP contribution in [0.2, 0.25) is 0 Å². The molecular formula is C20H20FN5O2S. The maximum atomic E-state index is 12.9. The lowest BCUT2D eigenvalue weighted by molar-refractivity contribution is -0.118. The van der Waals surface area contributed by atoms with E-state index in [2.05, 4.69) is 20.7 Å². The number of hydrazone groups is 1. The summed E-state index contributed by atoms with van der Waals surface area (Å²) in [7, 11) is 1.62. The molecule has 0 radical (unpaired) electrons. The third kappa shape index (κ3) is 5.41. The molecule has 0 saturated heterocycles. The Bertz CT molecular complexity index is 987. The first-order valence-electron chi connectivity index (χ1n) is 8.88. The molecule has 0 aliphatic heterocycles. The Labute approximate surface area is 172 Å². The van der Waals surface area contributed by atoms with Gasteiger partial charge in [-0.15, -0.1) is 10.2 Å². The van der Waals surface area contributed by atoms with Crippen molar-refractivity contribution in [1.29, 1.82) is 0 Å². The molecule has 0 aliphatic rings. The van der Waals surface area contributed by atoms with Crippen LogP contribution in [0.5, 0.6) is 5.75 Å². The second-order valence-corrected chi connectivity index (χ2v) is 6.85. The van der Waals surface area contributed by atoms with Gasteiger partial charge in [-0.25, -0.2) is 9.82 Å². The maximum absolute atomic E-state index is 12.9. The van der Waals surface area contributed by atoms with Crippen LogP contribution in [0.3, 0.4) is 0 Å². The zero-order valence-corrected chi connectivity index (χ0v) is 16.8. The molecule has 2 aromatic carbocycles. The van der Waals surface area contributed by atoms with Crippen LogP contribution < -0.4 is 10.2 Å². The van der Waals surface area contributed by atoms with E-state index in [9.17, 15) is 9.18 Å². The smallest absolute Gasteiger partial charge is 0.250 e. The number of methoxy groups -OCH3 is 1. The largest absolute Gasteiger partial charge is 0.497 e. The zero-order chi connectivity index (χ0) is 20.6. The minimum absolute atomic E-state index is 0.140. The van der Waals surface area contributed by atoms with Crippen molar-refractivity contribution < 1.29 is 13.9 Å². The molecule has 0 fully saturated rings. The minimum atomic E-state index is -0.323. The molecule has 0 spiro atoms. The second-order valence-electron chi connectivity index (χ2n) is 5.91. The van der Waals surface area contributed by atoms with Crippen molar-refractivity contribution in [2.24, 2.45) is 5.10 Å². The molecular weight excluding hydrogens is 393 g/mol. The number of nitrogens with one attached hydrogen (secondary N) is 1. The van der Waals surface area contributed by atoms with Crippen LogP contribution in [-0.4, -0.2) is 39.7 Å². The standard InChI is InChI=1S/C20H20FN5O2S/c1-3-26-19(15-6-10-17(28-2)11-7-15)24-25-20(26)29-13-18(27)23-22-12-14-4-8-16(21)9-5-14/h4-12H,3,13H2,1-2H3,(H,23,27)/b22-12+. The molecule has 3 rings (SSSR count). The third-order valence-corrected chi connectivity index (χ3v) is 4.95. The first-order chi connectivity index (χ1) is 14.1. The number of carbonyl (C=O) groups is 1. The molecule has 29 heavy (non-hydrogen) atoms. The number of aromatic nitrogens is 3. The summed E-state index contributed by atoms with van der Waals surface area (Å²) in [5, 5.41) is 13.0. The van der Waals surface area contributed by atoms with Crippen molar-refractivity contribution in [2.45, 2.75) is 18.6 Å². The van der Waals surface area contributed by atoms with Crippen molar-refractivity contribution >= 4 is 23.9 Å². The van der Waals surface area contributed by atoms with Gasteiger partial charge in [-0.3, -0.25) is 4.79 Å². The number of halogens is 1. The lowest BCUT2D eigenvalue weighted by Crippen LogP contribution is -2.20. The Hall–Kier alpha value is -3.20. The monoisotopic (exact) mass is 413 g/mol. The average molecular weight is 413 g/mol. The Morgan fingerprint density at radius 1 is 1.21 bits per heavy atom. The predicted molar refractivity (Wildman–Crippen MR) is 111 cm³/mol. The molecule has 3 aromatic rings. The van der Waals surface area contributed by atoms with Crippen LogP contribution >= 0.6 is 11.8 Å². The van der Waals surface area contributed by atoms with Crippen molar-refractivity contribution in [1.82, 2.24) is 20.2 Å².